The Morgan fingerprint density at radius 3 is 2.79 bits per heavy atom. The summed E-state index contributed by atoms with van der Waals surface area (Å²) in [5, 5.41) is 9.02. The van der Waals surface area contributed by atoms with Crippen molar-refractivity contribution in [3.05, 3.63) is 29.8 Å². The molecule has 1 saturated heterocycles. The Hall–Kier alpha value is -1.06. The maximum atomic E-state index is 9.02. The van der Waals surface area contributed by atoms with Crippen molar-refractivity contribution in [1.29, 1.82) is 0 Å². The fourth-order valence-electron chi connectivity index (χ4n) is 2.96. The van der Waals surface area contributed by atoms with Gasteiger partial charge in [-0.2, -0.15) is 0 Å². The van der Waals surface area contributed by atoms with Gasteiger partial charge in [0.1, 0.15) is 0 Å². The smallest absolute Gasteiger partial charge is 0.0434 e. The Labute approximate surface area is 116 Å². The fraction of sp³-hybridized carbons (Fsp3) is 0.625. The van der Waals surface area contributed by atoms with Gasteiger partial charge in [0.25, 0.3) is 0 Å². The SMILES string of the molecule is Nc1ccc(CCCN2CCCC(CCO)C2)cc1. The van der Waals surface area contributed by atoms with Crippen molar-refractivity contribution in [2.45, 2.75) is 32.1 Å². The number of aryl methyl sites for hydroxylation is 1. The predicted octanol–water partition coefficient (Wildman–Crippen LogP) is 2.30. The number of nitrogens with two attached hydrogens (primary N) is 1. The van der Waals surface area contributed by atoms with Gasteiger partial charge in [-0.05, 0) is 68.8 Å². The summed E-state index contributed by atoms with van der Waals surface area (Å²) in [6, 6.07) is 8.21. The number of rotatable bonds is 6. The molecule has 1 aromatic carbocycles. The molecular formula is C16H26N2O. The molecule has 0 aliphatic carbocycles. The third kappa shape index (κ3) is 4.84. The van der Waals surface area contributed by atoms with Crippen LogP contribution in [-0.2, 0) is 6.42 Å². The van der Waals surface area contributed by atoms with Gasteiger partial charge in [-0.3, -0.25) is 0 Å². The van der Waals surface area contributed by atoms with Gasteiger partial charge in [-0.1, -0.05) is 12.1 Å². The van der Waals surface area contributed by atoms with Crippen LogP contribution in [0.4, 0.5) is 5.69 Å². The number of aliphatic hydroxyl groups excluding tert-OH is 1. The molecule has 1 aliphatic heterocycles. The number of aliphatic hydroxyl groups is 1. The minimum Gasteiger partial charge on any atom is -0.399 e. The summed E-state index contributed by atoms with van der Waals surface area (Å²) in [6.45, 7) is 3.90. The number of likely N-dealkylation sites (tertiary alicyclic amines) is 1. The average molecular weight is 262 g/mol. The van der Waals surface area contributed by atoms with Crippen molar-refractivity contribution in [3.8, 4) is 0 Å². The van der Waals surface area contributed by atoms with Crippen LogP contribution in [0.25, 0.3) is 0 Å². The molecule has 1 aromatic rings. The molecule has 2 rings (SSSR count). The largest absolute Gasteiger partial charge is 0.399 e. The number of anilines is 1. The van der Waals surface area contributed by atoms with Crippen molar-refractivity contribution in [2.24, 2.45) is 5.92 Å². The minimum absolute atomic E-state index is 0.337. The molecule has 1 aliphatic rings. The Kier molecular flexibility index (Phi) is 5.67. The van der Waals surface area contributed by atoms with Gasteiger partial charge in [0.05, 0.1) is 0 Å². The Morgan fingerprint density at radius 2 is 2.05 bits per heavy atom. The first-order valence-corrected chi connectivity index (χ1v) is 7.45. The van der Waals surface area contributed by atoms with Crippen molar-refractivity contribution < 1.29 is 5.11 Å². The van der Waals surface area contributed by atoms with Crippen molar-refractivity contribution in [1.82, 2.24) is 4.90 Å². The lowest BCUT2D eigenvalue weighted by Crippen LogP contribution is -2.36. The fourth-order valence-corrected chi connectivity index (χ4v) is 2.96. The normalized spacial score (nSPS) is 20.6. The van der Waals surface area contributed by atoms with E-state index in [4.69, 9.17) is 10.8 Å². The molecule has 0 saturated carbocycles. The van der Waals surface area contributed by atoms with E-state index in [1.807, 2.05) is 12.1 Å². The van der Waals surface area contributed by atoms with Crippen molar-refractivity contribution >= 4 is 5.69 Å². The summed E-state index contributed by atoms with van der Waals surface area (Å²) in [7, 11) is 0. The third-order valence-corrected chi connectivity index (χ3v) is 4.06. The second kappa shape index (κ2) is 7.51. The minimum atomic E-state index is 0.337. The first-order chi connectivity index (χ1) is 9.28. The standard InChI is InChI=1S/C16H26N2O/c17-16-7-5-14(6-8-16)3-1-10-18-11-2-4-15(13-18)9-12-19/h5-8,15,19H,1-4,9-13,17H2. The van der Waals surface area contributed by atoms with E-state index in [1.54, 1.807) is 0 Å². The van der Waals surface area contributed by atoms with Crippen LogP contribution in [-0.4, -0.2) is 36.2 Å². The highest BCUT2D eigenvalue weighted by atomic mass is 16.3. The summed E-state index contributed by atoms with van der Waals surface area (Å²) in [6.07, 6.45) is 5.87. The molecule has 106 valence electrons. The van der Waals surface area contributed by atoms with Gasteiger partial charge in [0.15, 0.2) is 0 Å². The monoisotopic (exact) mass is 262 g/mol. The Morgan fingerprint density at radius 1 is 1.26 bits per heavy atom. The molecular weight excluding hydrogens is 236 g/mol. The van der Waals surface area contributed by atoms with Crippen LogP contribution >= 0.6 is 0 Å². The molecule has 0 bridgehead atoms. The number of hydrogen-bond donors (Lipinski definition) is 2. The summed E-state index contributed by atoms with van der Waals surface area (Å²) < 4.78 is 0. The van der Waals surface area contributed by atoms with Gasteiger partial charge < -0.3 is 15.7 Å². The zero-order valence-electron chi connectivity index (χ0n) is 11.7. The van der Waals surface area contributed by atoms with E-state index in [0.717, 1.165) is 18.5 Å². The molecule has 1 fully saturated rings. The molecule has 3 heteroatoms. The molecule has 1 atom stereocenters. The van der Waals surface area contributed by atoms with Gasteiger partial charge in [0, 0.05) is 18.8 Å². The van der Waals surface area contributed by atoms with Crippen LogP contribution in [0.5, 0.6) is 0 Å². The predicted molar refractivity (Wildman–Crippen MR) is 80.0 cm³/mol. The van der Waals surface area contributed by atoms with E-state index in [1.165, 1.54) is 44.5 Å². The van der Waals surface area contributed by atoms with Gasteiger partial charge >= 0.3 is 0 Å². The second-order valence-corrected chi connectivity index (χ2v) is 5.67. The van der Waals surface area contributed by atoms with Crippen molar-refractivity contribution in [3.63, 3.8) is 0 Å². The molecule has 3 N–H and O–H groups in total. The van der Waals surface area contributed by atoms with Crippen LogP contribution in [0, 0.1) is 5.92 Å². The summed E-state index contributed by atoms with van der Waals surface area (Å²) in [4.78, 5) is 2.56. The van der Waals surface area contributed by atoms with E-state index in [-0.39, 0.29) is 0 Å². The molecule has 0 aromatic heterocycles. The topological polar surface area (TPSA) is 49.5 Å². The lowest BCUT2D eigenvalue weighted by atomic mass is 9.95. The summed E-state index contributed by atoms with van der Waals surface area (Å²) in [5.74, 6) is 0.704. The van der Waals surface area contributed by atoms with Crippen LogP contribution in [0.3, 0.4) is 0 Å². The zero-order valence-corrected chi connectivity index (χ0v) is 11.7. The number of nitrogens with zero attached hydrogens (tertiary/aromatic N) is 1. The summed E-state index contributed by atoms with van der Waals surface area (Å²) >= 11 is 0. The number of piperidine rings is 1. The average Bonchev–Trinajstić information content (AvgIpc) is 2.42. The van der Waals surface area contributed by atoms with Gasteiger partial charge in [-0.25, -0.2) is 0 Å². The maximum absolute atomic E-state index is 9.02. The quantitative estimate of drug-likeness (QED) is 0.773. The second-order valence-electron chi connectivity index (χ2n) is 5.67. The van der Waals surface area contributed by atoms with E-state index in [9.17, 15) is 0 Å². The Balaban J connectivity index is 1.69. The molecule has 1 heterocycles. The Bertz CT molecular complexity index is 362. The van der Waals surface area contributed by atoms with Gasteiger partial charge in [-0.15, -0.1) is 0 Å². The molecule has 3 nitrogen and oxygen atoms in total. The lowest BCUT2D eigenvalue weighted by molar-refractivity contribution is 0.147. The first-order valence-electron chi connectivity index (χ1n) is 7.45. The van der Waals surface area contributed by atoms with Crippen LogP contribution < -0.4 is 5.73 Å². The summed E-state index contributed by atoms with van der Waals surface area (Å²) in [5.41, 5.74) is 7.90. The molecule has 0 amide bonds. The molecule has 1 unspecified atom stereocenters. The maximum Gasteiger partial charge on any atom is 0.0434 e. The first kappa shape index (κ1) is 14.4. The van der Waals surface area contributed by atoms with Crippen LogP contribution in [0.1, 0.15) is 31.2 Å². The van der Waals surface area contributed by atoms with E-state index >= 15 is 0 Å². The van der Waals surface area contributed by atoms with E-state index in [0.29, 0.717) is 12.5 Å². The highest BCUT2D eigenvalue weighted by Crippen LogP contribution is 2.19. The molecule has 0 spiro atoms. The lowest BCUT2D eigenvalue weighted by Gasteiger charge is -2.32. The van der Waals surface area contributed by atoms with Crippen LogP contribution in [0.2, 0.25) is 0 Å². The third-order valence-electron chi connectivity index (χ3n) is 4.06. The number of hydrogen-bond acceptors (Lipinski definition) is 3. The highest BCUT2D eigenvalue weighted by molar-refractivity contribution is 5.39. The molecule has 19 heavy (non-hydrogen) atoms. The number of benzene rings is 1. The number of nitrogen functional groups attached to an aromatic ring is 1. The van der Waals surface area contributed by atoms with Crippen molar-refractivity contribution in [2.75, 3.05) is 32.0 Å². The molecule has 0 radical (unpaired) electrons. The highest BCUT2D eigenvalue weighted by Gasteiger charge is 2.18. The van der Waals surface area contributed by atoms with Gasteiger partial charge in [0.2, 0.25) is 0 Å². The van der Waals surface area contributed by atoms with Crippen LogP contribution in [0.15, 0.2) is 24.3 Å². The zero-order chi connectivity index (χ0) is 13.5. The van der Waals surface area contributed by atoms with E-state index in [2.05, 4.69) is 17.0 Å². The van der Waals surface area contributed by atoms with E-state index < -0.39 is 0 Å².